The topological polar surface area (TPSA) is 9.23 Å². The van der Waals surface area contributed by atoms with Crippen LogP contribution in [-0.2, 0) is 6.42 Å². The maximum Gasteiger partial charge on any atom is 0.119 e. The first-order chi connectivity index (χ1) is 15.8. The van der Waals surface area contributed by atoms with E-state index >= 15 is 0 Å². The third kappa shape index (κ3) is 9.11. The van der Waals surface area contributed by atoms with Gasteiger partial charge in [-0.2, -0.15) is 0 Å². The molecule has 1 aromatic rings. The summed E-state index contributed by atoms with van der Waals surface area (Å²) in [5.41, 5.74) is 1.45. The van der Waals surface area contributed by atoms with Crippen LogP contribution in [0.15, 0.2) is 24.3 Å². The molecular weight excluding hydrogens is 388 g/mol. The van der Waals surface area contributed by atoms with Gasteiger partial charge in [-0.15, -0.1) is 0 Å². The zero-order chi connectivity index (χ0) is 22.4. The van der Waals surface area contributed by atoms with E-state index in [1.807, 2.05) is 0 Å². The second kappa shape index (κ2) is 15.0. The number of aryl methyl sites for hydroxylation is 1. The molecular formula is C31H52O. The second-order valence-corrected chi connectivity index (χ2v) is 11.1. The summed E-state index contributed by atoms with van der Waals surface area (Å²) in [6.45, 7) is 5.48. The fraction of sp³-hybridized carbons (Fsp3) is 0.806. The highest BCUT2D eigenvalue weighted by atomic mass is 16.5. The zero-order valence-electron chi connectivity index (χ0n) is 21.5. The third-order valence-electron chi connectivity index (χ3n) is 8.68. The van der Waals surface area contributed by atoms with E-state index in [0.29, 0.717) is 0 Å². The average Bonchev–Trinajstić information content (AvgIpc) is 2.84. The highest BCUT2D eigenvalue weighted by Crippen LogP contribution is 2.43. The Bertz CT molecular complexity index is 575. The molecule has 182 valence electrons. The van der Waals surface area contributed by atoms with E-state index in [2.05, 4.69) is 38.1 Å². The molecule has 0 aliphatic heterocycles. The molecule has 0 radical (unpaired) electrons. The van der Waals surface area contributed by atoms with Crippen LogP contribution in [0.5, 0.6) is 5.75 Å². The first-order valence-corrected chi connectivity index (χ1v) is 14.5. The van der Waals surface area contributed by atoms with Crippen molar-refractivity contribution in [3.8, 4) is 5.75 Å². The van der Waals surface area contributed by atoms with Crippen molar-refractivity contribution in [1.82, 2.24) is 0 Å². The lowest BCUT2D eigenvalue weighted by molar-refractivity contribution is 0.138. The third-order valence-corrected chi connectivity index (χ3v) is 8.68. The molecule has 2 aliphatic carbocycles. The largest absolute Gasteiger partial charge is 0.494 e. The molecule has 0 heterocycles. The summed E-state index contributed by atoms with van der Waals surface area (Å²) in [6.07, 6.45) is 25.7. The van der Waals surface area contributed by atoms with Gasteiger partial charge in [0, 0.05) is 0 Å². The Morgan fingerprint density at radius 1 is 0.625 bits per heavy atom. The Kier molecular flexibility index (Phi) is 12.0. The number of ether oxygens (including phenoxy) is 1. The van der Waals surface area contributed by atoms with Gasteiger partial charge in [-0.3, -0.25) is 0 Å². The van der Waals surface area contributed by atoms with Crippen molar-refractivity contribution in [2.24, 2.45) is 23.7 Å². The van der Waals surface area contributed by atoms with Gasteiger partial charge < -0.3 is 4.74 Å². The SMILES string of the molecule is CCCCCc1ccc(OCCCC2CCC([C@H]3CC[C@H](CCCCC)CC3)CC2)cc1. The van der Waals surface area contributed by atoms with Gasteiger partial charge in [0.25, 0.3) is 0 Å². The van der Waals surface area contributed by atoms with E-state index in [4.69, 9.17) is 4.74 Å². The molecule has 1 nitrogen and oxygen atoms in total. The highest BCUT2D eigenvalue weighted by Gasteiger charge is 2.30. The van der Waals surface area contributed by atoms with Crippen molar-refractivity contribution in [3.05, 3.63) is 29.8 Å². The normalized spacial score (nSPS) is 26.2. The van der Waals surface area contributed by atoms with Gasteiger partial charge >= 0.3 is 0 Å². The fourth-order valence-electron chi connectivity index (χ4n) is 6.47. The minimum Gasteiger partial charge on any atom is -0.494 e. The van der Waals surface area contributed by atoms with Gasteiger partial charge in [0.05, 0.1) is 6.61 Å². The van der Waals surface area contributed by atoms with Gasteiger partial charge in [0.1, 0.15) is 5.75 Å². The summed E-state index contributed by atoms with van der Waals surface area (Å²) in [5, 5.41) is 0. The molecule has 32 heavy (non-hydrogen) atoms. The minimum atomic E-state index is 0.886. The first kappa shape index (κ1) is 25.6. The lowest BCUT2D eigenvalue weighted by Gasteiger charge is -2.38. The molecule has 1 heteroatoms. The predicted octanol–water partition coefficient (Wildman–Crippen LogP) is 9.77. The van der Waals surface area contributed by atoms with E-state index in [0.717, 1.165) is 36.0 Å². The zero-order valence-corrected chi connectivity index (χ0v) is 21.5. The Morgan fingerprint density at radius 3 is 1.72 bits per heavy atom. The molecule has 3 rings (SSSR count). The molecule has 0 saturated heterocycles. The van der Waals surface area contributed by atoms with Gasteiger partial charge in [-0.25, -0.2) is 0 Å². The van der Waals surface area contributed by atoms with Crippen molar-refractivity contribution < 1.29 is 4.74 Å². The van der Waals surface area contributed by atoms with Crippen LogP contribution in [0.2, 0.25) is 0 Å². The first-order valence-electron chi connectivity index (χ1n) is 14.5. The van der Waals surface area contributed by atoms with E-state index in [-0.39, 0.29) is 0 Å². The Morgan fingerprint density at radius 2 is 1.16 bits per heavy atom. The summed E-state index contributed by atoms with van der Waals surface area (Å²) in [7, 11) is 0. The van der Waals surface area contributed by atoms with E-state index in [1.54, 1.807) is 0 Å². The number of hydrogen-bond acceptors (Lipinski definition) is 1. The number of unbranched alkanes of at least 4 members (excludes halogenated alkanes) is 4. The molecule has 0 unspecified atom stereocenters. The van der Waals surface area contributed by atoms with Crippen molar-refractivity contribution >= 4 is 0 Å². The predicted molar refractivity (Wildman–Crippen MR) is 139 cm³/mol. The summed E-state index contributed by atoms with van der Waals surface area (Å²) in [5.74, 6) is 5.19. The molecule has 0 N–H and O–H groups in total. The Labute approximate surface area is 200 Å². The van der Waals surface area contributed by atoms with Crippen molar-refractivity contribution in [1.29, 1.82) is 0 Å². The van der Waals surface area contributed by atoms with E-state index in [9.17, 15) is 0 Å². The molecule has 2 aliphatic rings. The van der Waals surface area contributed by atoms with Gasteiger partial charge in [-0.05, 0) is 92.7 Å². The van der Waals surface area contributed by atoms with E-state index in [1.165, 1.54) is 121 Å². The van der Waals surface area contributed by atoms with E-state index < -0.39 is 0 Å². The standard InChI is InChI=1S/C31H52O/c1-3-5-7-10-26-13-19-29(20-14-26)30-21-15-28(16-22-30)12-9-25-32-31-23-17-27(18-24-31)11-8-6-4-2/h17-18,23-24,26,28-30H,3-16,19-22,25H2,1-2H3/t26-,28?,29-,30?. The Balaban J connectivity index is 1.23. The van der Waals surface area contributed by atoms with Crippen LogP contribution in [0.4, 0.5) is 0 Å². The van der Waals surface area contributed by atoms with Crippen molar-refractivity contribution in [2.75, 3.05) is 6.61 Å². The summed E-state index contributed by atoms with van der Waals surface area (Å²) >= 11 is 0. The summed E-state index contributed by atoms with van der Waals surface area (Å²) < 4.78 is 6.04. The molecule has 0 aromatic heterocycles. The lowest BCUT2D eigenvalue weighted by Crippen LogP contribution is -2.26. The number of benzene rings is 1. The van der Waals surface area contributed by atoms with Crippen LogP contribution >= 0.6 is 0 Å². The van der Waals surface area contributed by atoms with Crippen LogP contribution in [0.25, 0.3) is 0 Å². The molecule has 2 saturated carbocycles. The Hall–Kier alpha value is -0.980. The number of hydrogen-bond donors (Lipinski definition) is 0. The van der Waals surface area contributed by atoms with Gasteiger partial charge in [0.15, 0.2) is 0 Å². The van der Waals surface area contributed by atoms with Gasteiger partial charge in [-0.1, -0.05) is 90.2 Å². The second-order valence-electron chi connectivity index (χ2n) is 11.1. The minimum absolute atomic E-state index is 0.886. The molecule has 0 atom stereocenters. The van der Waals surface area contributed by atoms with Crippen LogP contribution in [0, 0.1) is 23.7 Å². The lowest BCUT2D eigenvalue weighted by atomic mass is 9.68. The van der Waals surface area contributed by atoms with Crippen molar-refractivity contribution in [2.45, 2.75) is 129 Å². The van der Waals surface area contributed by atoms with Crippen LogP contribution in [0.1, 0.15) is 129 Å². The summed E-state index contributed by atoms with van der Waals surface area (Å²) in [4.78, 5) is 0. The molecule has 1 aromatic carbocycles. The van der Waals surface area contributed by atoms with Crippen molar-refractivity contribution in [3.63, 3.8) is 0 Å². The highest BCUT2D eigenvalue weighted by molar-refractivity contribution is 5.27. The molecule has 0 spiro atoms. The average molecular weight is 441 g/mol. The maximum absolute atomic E-state index is 6.04. The quantitative estimate of drug-likeness (QED) is 0.261. The number of rotatable bonds is 14. The maximum atomic E-state index is 6.04. The van der Waals surface area contributed by atoms with Gasteiger partial charge in [0.2, 0.25) is 0 Å². The molecule has 2 fully saturated rings. The molecule has 0 amide bonds. The van der Waals surface area contributed by atoms with Crippen LogP contribution in [-0.4, -0.2) is 6.61 Å². The summed E-state index contributed by atoms with van der Waals surface area (Å²) in [6, 6.07) is 8.85. The smallest absolute Gasteiger partial charge is 0.119 e. The van der Waals surface area contributed by atoms with Crippen LogP contribution in [0.3, 0.4) is 0 Å². The van der Waals surface area contributed by atoms with Crippen LogP contribution < -0.4 is 4.74 Å². The monoisotopic (exact) mass is 440 g/mol. The fourth-order valence-corrected chi connectivity index (χ4v) is 6.47. The molecule has 0 bridgehead atoms.